The van der Waals surface area contributed by atoms with E-state index in [1.54, 1.807) is 6.07 Å². The molecule has 0 saturated heterocycles. The number of hydrogen-bond acceptors (Lipinski definition) is 7. The Morgan fingerprint density at radius 1 is 1.33 bits per heavy atom. The summed E-state index contributed by atoms with van der Waals surface area (Å²) < 4.78 is 22.0. The van der Waals surface area contributed by atoms with E-state index in [-0.39, 0.29) is 5.75 Å². The highest BCUT2D eigenvalue weighted by molar-refractivity contribution is 7.90. The molecule has 102 valence electrons. The van der Waals surface area contributed by atoms with E-state index in [9.17, 15) is 8.42 Å². The van der Waals surface area contributed by atoms with Crippen molar-refractivity contribution in [2.75, 3.05) is 29.3 Å². The number of hydrogen-bond donors (Lipinski definition) is 3. The second-order valence-electron chi connectivity index (χ2n) is 4.01. The second-order valence-corrected chi connectivity index (χ2v) is 6.27. The van der Waals surface area contributed by atoms with Crippen LogP contribution in [-0.2, 0) is 16.3 Å². The Morgan fingerprint density at radius 3 is 2.56 bits per heavy atom. The van der Waals surface area contributed by atoms with Crippen LogP contribution in [0.5, 0.6) is 0 Å². The Labute approximate surface area is 107 Å². The van der Waals surface area contributed by atoms with Crippen molar-refractivity contribution in [3.05, 3.63) is 11.9 Å². The van der Waals surface area contributed by atoms with Crippen LogP contribution in [0.15, 0.2) is 6.07 Å². The van der Waals surface area contributed by atoms with Crippen molar-refractivity contribution in [3.63, 3.8) is 0 Å². The molecule has 0 fully saturated rings. The number of nitrogens with two attached hydrogens (primary N) is 1. The van der Waals surface area contributed by atoms with Crippen molar-refractivity contribution >= 4 is 21.5 Å². The normalized spacial score (nSPS) is 11.3. The third kappa shape index (κ3) is 5.28. The molecule has 0 unspecified atom stereocenters. The Morgan fingerprint density at radius 2 is 2.00 bits per heavy atom. The lowest BCUT2D eigenvalue weighted by molar-refractivity contribution is 0.602. The number of aromatic nitrogens is 2. The van der Waals surface area contributed by atoms with Crippen LogP contribution in [-0.4, -0.2) is 36.9 Å². The van der Waals surface area contributed by atoms with Crippen LogP contribution in [0.1, 0.15) is 19.2 Å². The number of sulfone groups is 1. The van der Waals surface area contributed by atoms with Gasteiger partial charge in [-0.25, -0.2) is 24.2 Å². The van der Waals surface area contributed by atoms with Crippen molar-refractivity contribution in [1.82, 2.24) is 9.97 Å². The summed E-state index contributed by atoms with van der Waals surface area (Å²) in [5.41, 5.74) is 2.46. The fourth-order valence-corrected chi connectivity index (χ4v) is 1.83. The van der Waals surface area contributed by atoms with E-state index in [2.05, 4.69) is 20.7 Å². The van der Waals surface area contributed by atoms with Gasteiger partial charge in [0.1, 0.15) is 27.3 Å². The van der Waals surface area contributed by atoms with Crippen LogP contribution < -0.4 is 16.6 Å². The number of nitrogen functional groups attached to an aromatic ring is 1. The van der Waals surface area contributed by atoms with Gasteiger partial charge in [-0.3, -0.25) is 0 Å². The van der Waals surface area contributed by atoms with Gasteiger partial charge in [0.15, 0.2) is 0 Å². The Bertz CT molecular complexity index is 489. The molecular weight excluding hydrogens is 254 g/mol. The average molecular weight is 273 g/mol. The third-order valence-corrected chi connectivity index (χ3v) is 3.12. The van der Waals surface area contributed by atoms with Crippen LogP contribution in [0.2, 0.25) is 0 Å². The molecule has 0 amide bonds. The van der Waals surface area contributed by atoms with Crippen LogP contribution in [0, 0.1) is 0 Å². The molecule has 0 spiro atoms. The van der Waals surface area contributed by atoms with Crippen molar-refractivity contribution < 1.29 is 8.42 Å². The summed E-state index contributed by atoms with van der Waals surface area (Å²) in [7, 11) is -2.98. The van der Waals surface area contributed by atoms with Gasteiger partial charge in [-0.1, -0.05) is 6.92 Å². The number of rotatable bonds is 7. The Hall–Kier alpha value is -1.41. The second kappa shape index (κ2) is 6.50. The molecule has 0 aliphatic rings. The van der Waals surface area contributed by atoms with Crippen molar-refractivity contribution in [3.8, 4) is 0 Å². The summed E-state index contributed by atoms with van der Waals surface area (Å²) in [5, 5.41) is 2.95. The van der Waals surface area contributed by atoms with E-state index in [0.29, 0.717) is 24.0 Å². The van der Waals surface area contributed by atoms with Gasteiger partial charge in [0.25, 0.3) is 0 Å². The quantitative estimate of drug-likeness (QED) is 0.480. The number of nitrogens with one attached hydrogen (secondary N) is 2. The molecule has 1 aromatic heterocycles. The highest BCUT2D eigenvalue weighted by Gasteiger charge is 2.05. The third-order valence-electron chi connectivity index (χ3n) is 2.17. The summed E-state index contributed by atoms with van der Waals surface area (Å²) in [5.74, 6) is 7.14. The number of nitrogens with zero attached hydrogens (tertiary/aromatic N) is 2. The standard InChI is InChI=1S/C10H19N5O2S/c1-3-4-8-13-9(7-10(14-8)15-11)12-5-6-18(2,16)17/h7H,3-6,11H2,1-2H3,(H2,12,13,14,15). The van der Waals surface area contributed by atoms with Crippen LogP contribution >= 0.6 is 0 Å². The first-order valence-electron chi connectivity index (χ1n) is 5.70. The summed E-state index contributed by atoms with van der Waals surface area (Å²) in [6.07, 6.45) is 2.87. The van der Waals surface area contributed by atoms with E-state index >= 15 is 0 Å². The molecule has 0 bridgehead atoms. The van der Waals surface area contributed by atoms with Gasteiger partial charge in [0.05, 0.1) is 5.75 Å². The van der Waals surface area contributed by atoms with Crippen LogP contribution in [0.4, 0.5) is 11.6 Å². The van der Waals surface area contributed by atoms with E-state index in [4.69, 9.17) is 5.84 Å². The maximum absolute atomic E-state index is 11.0. The molecule has 1 heterocycles. The van der Waals surface area contributed by atoms with Crippen LogP contribution in [0.3, 0.4) is 0 Å². The van der Waals surface area contributed by atoms with E-state index in [0.717, 1.165) is 12.8 Å². The molecule has 0 saturated carbocycles. The Kier molecular flexibility index (Phi) is 5.29. The largest absolute Gasteiger partial charge is 0.369 e. The van der Waals surface area contributed by atoms with Gasteiger partial charge in [0.2, 0.25) is 0 Å². The average Bonchev–Trinajstić information content (AvgIpc) is 2.27. The minimum atomic E-state index is -2.98. The maximum atomic E-state index is 11.0. The van der Waals surface area contributed by atoms with Gasteiger partial charge >= 0.3 is 0 Å². The molecule has 0 aliphatic carbocycles. The topological polar surface area (TPSA) is 110 Å². The summed E-state index contributed by atoms with van der Waals surface area (Å²) >= 11 is 0. The molecule has 7 nitrogen and oxygen atoms in total. The molecule has 1 aromatic rings. The summed E-state index contributed by atoms with van der Waals surface area (Å²) in [4.78, 5) is 8.47. The smallest absolute Gasteiger partial charge is 0.149 e. The van der Waals surface area contributed by atoms with Crippen molar-refractivity contribution in [1.29, 1.82) is 0 Å². The summed E-state index contributed by atoms with van der Waals surface area (Å²) in [6, 6.07) is 1.64. The lowest BCUT2D eigenvalue weighted by atomic mass is 10.3. The van der Waals surface area contributed by atoms with Gasteiger partial charge in [-0.15, -0.1) is 0 Å². The number of aryl methyl sites for hydroxylation is 1. The molecule has 4 N–H and O–H groups in total. The highest BCUT2D eigenvalue weighted by Crippen LogP contribution is 2.11. The first kappa shape index (κ1) is 14.7. The first-order chi connectivity index (χ1) is 8.44. The number of anilines is 2. The molecule has 1 rings (SSSR count). The summed E-state index contributed by atoms with van der Waals surface area (Å²) in [6.45, 7) is 2.34. The van der Waals surface area contributed by atoms with E-state index in [1.807, 2.05) is 6.92 Å². The molecular formula is C10H19N5O2S. The monoisotopic (exact) mass is 273 g/mol. The lowest BCUT2D eigenvalue weighted by Gasteiger charge is -2.08. The molecule has 18 heavy (non-hydrogen) atoms. The fraction of sp³-hybridized carbons (Fsp3) is 0.600. The van der Waals surface area contributed by atoms with Crippen LogP contribution in [0.25, 0.3) is 0 Å². The maximum Gasteiger partial charge on any atom is 0.149 e. The zero-order valence-corrected chi connectivity index (χ0v) is 11.4. The SMILES string of the molecule is CCCc1nc(NN)cc(NCCS(C)(=O)=O)n1. The van der Waals surface area contributed by atoms with Gasteiger partial charge in [-0.2, -0.15) is 0 Å². The molecule has 8 heteroatoms. The highest BCUT2D eigenvalue weighted by atomic mass is 32.2. The molecule has 0 radical (unpaired) electrons. The van der Waals surface area contributed by atoms with Gasteiger partial charge < -0.3 is 10.7 Å². The first-order valence-corrected chi connectivity index (χ1v) is 7.77. The zero-order valence-electron chi connectivity index (χ0n) is 10.6. The predicted molar refractivity (Wildman–Crippen MR) is 72.0 cm³/mol. The van der Waals surface area contributed by atoms with Crippen molar-refractivity contribution in [2.24, 2.45) is 5.84 Å². The molecule has 0 aromatic carbocycles. The van der Waals surface area contributed by atoms with E-state index in [1.165, 1.54) is 6.26 Å². The van der Waals surface area contributed by atoms with Gasteiger partial charge in [0, 0.05) is 25.3 Å². The Balaban J connectivity index is 2.72. The zero-order chi connectivity index (χ0) is 13.6. The molecule has 0 aliphatic heterocycles. The van der Waals surface area contributed by atoms with Crippen molar-refractivity contribution in [2.45, 2.75) is 19.8 Å². The lowest BCUT2D eigenvalue weighted by Crippen LogP contribution is -2.16. The minimum absolute atomic E-state index is 0.0610. The molecule has 0 atom stereocenters. The minimum Gasteiger partial charge on any atom is -0.369 e. The fourth-order valence-electron chi connectivity index (χ4n) is 1.36. The van der Waals surface area contributed by atoms with Gasteiger partial charge in [-0.05, 0) is 6.42 Å². The predicted octanol–water partition coefficient (Wildman–Crippen LogP) is 0.171. The number of hydrazine groups is 1. The van der Waals surface area contributed by atoms with E-state index < -0.39 is 9.84 Å².